The Balaban J connectivity index is 2.04. The highest BCUT2D eigenvalue weighted by molar-refractivity contribution is 5.67. The van der Waals surface area contributed by atoms with E-state index >= 15 is 0 Å². The van der Waals surface area contributed by atoms with Crippen molar-refractivity contribution in [1.82, 2.24) is 0 Å². The summed E-state index contributed by atoms with van der Waals surface area (Å²) in [6.45, 7) is 3.95. The highest BCUT2D eigenvalue weighted by Crippen LogP contribution is 2.39. The Bertz CT molecular complexity index is 1610. The SMILES string of the molecule is COc1cc([C@@H](Oc2ccc(/C=C/COC(C)=O)cc2OC)[C@H](COC(C)=O)Oc2ccc(/C=C/COC(C)=O)cc2OC)ccc1O. The summed E-state index contributed by atoms with van der Waals surface area (Å²) in [6, 6.07) is 15.1. The number of esters is 3. The van der Waals surface area contributed by atoms with Gasteiger partial charge in [-0.05, 0) is 59.7 Å². The van der Waals surface area contributed by atoms with Crippen molar-refractivity contribution in [2.24, 2.45) is 0 Å². The van der Waals surface area contributed by atoms with Crippen molar-refractivity contribution >= 4 is 30.1 Å². The number of benzene rings is 3. The van der Waals surface area contributed by atoms with Crippen LogP contribution in [0.3, 0.4) is 0 Å². The molecule has 0 spiro atoms. The minimum absolute atomic E-state index is 0.0843. The van der Waals surface area contributed by atoms with Crippen LogP contribution in [0.2, 0.25) is 0 Å². The Morgan fingerprint density at radius 2 is 1.12 bits per heavy atom. The van der Waals surface area contributed by atoms with Gasteiger partial charge in [0.25, 0.3) is 0 Å². The zero-order valence-electron chi connectivity index (χ0n) is 27.7. The zero-order chi connectivity index (χ0) is 35.1. The lowest BCUT2D eigenvalue weighted by Gasteiger charge is -2.30. The number of phenolic OH excluding ortho intramolecular Hbond substituents is 1. The predicted octanol–water partition coefficient (Wildman–Crippen LogP) is 5.70. The molecule has 0 unspecified atom stereocenters. The van der Waals surface area contributed by atoms with Gasteiger partial charge in [-0.1, -0.05) is 30.4 Å². The standard InChI is InChI=1S/C36H40O12/c1-23(37)44-17-7-9-26-11-15-30(33(19-26)42-5)47-35(22-46-25(3)39)36(28-13-14-29(40)32(21-28)41-4)48-31-16-12-27(20-34(31)43-6)10-8-18-45-24(2)38/h7-16,19-21,35-36,40H,17-18,22H2,1-6H3/b9-7+,10-8+/t35-,36+/m0/s1. The number of carbonyl (C=O) groups is 3. The van der Waals surface area contributed by atoms with Crippen molar-refractivity contribution in [3.8, 4) is 34.5 Å². The molecule has 0 heterocycles. The third-order valence-electron chi connectivity index (χ3n) is 6.61. The van der Waals surface area contributed by atoms with E-state index in [9.17, 15) is 19.5 Å². The van der Waals surface area contributed by atoms with E-state index < -0.39 is 18.2 Å². The first-order chi connectivity index (χ1) is 23.0. The molecule has 0 saturated carbocycles. The summed E-state index contributed by atoms with van der Waals surface area (Å²) in [5.41, 5.74) is 2.04. The highest BCUT2D eigenvalue weighted by Gasteiger charge is 2.31. The highest BCUT2D eigenvalue weighted by atomic mass is 16.6. The molecule has 0 bridgehead atoms. The molecule has 256 valence electrons. The van der Waals surface area contributed by atoms with E-state index in [0.717, 1.165) is 11.1 Å². The third-order valence-corrected chi connectivity index (χ3v) is 6.61. The van der Waals surface area contributed by atoms with E-state index in [-0.39, 0.29) is 43.3 Å². The van der Waals surface area contributed by atoms with E-state index in [1.54, 1.807) is 72.8 Å². The van der Waals surface area contributed by atoms with Crippen molar-refractivity contribution in [2.75, 3.05) is 41.2 Å². The largest absolute Gasteiger partial charge is 0.504 e. The number of ether oxygens (including phenoxy) is 8. The fourth-order valence-electron chi connectivity index (χ4n) is 4.38. The second kappa shape index (κ2) is 18.5. The van der Waals surface area contributed by atoms with Crippen molar-refractivity contribution in [2.45, 2.75) is 33.0 Å². The third kappa shape index (κ3) is 11.3. The summed E-state index contributed by atoms with van der Waals surface area (Å²) in [4.78, 5) is 34.1. The van der Waals surface area contributed by atoms with E-state index in [1.807, 2.05) is 0 Å². The second-order valence-corrected chi connectivity index (χ2v) is 10.2. The van der Waals surface area contributed by atoms with Crippen LogP contribution in [0.1, 0.15) is 43.6 Å². The van der Waals surface area contributed by atoms with Gasteiger partial charge in [0.05, 0.1) is 21.3 Å². The molecule has 12 nitrogen and oxygen atoms in total. The number of phenols is 1. The van der Waals surface area contributed by atoms with Gasteiger partial charge in [-0.2, -0.15) is 0 Å². The van der Waals surface area contributed by atoms with Gasteiger partial charge in [-0.15, -0.1) is 0 Å². The molecular formula is C36H40O12. The lowest BCUT2D eigenvalue weighted by molar-refractivity contribution is -0.145. The molecule has 0 radical (unpaired) electrons. The van der Waals surface area contributed by atoms with Gasteiger partial charge in [0.2, 0.25) is 0 Å². The second-order valence-electron chi connectivity index (χ2n) is 10.2. The molecule has 3 rings (SSSR count). The molecule has 2 atom stereocenters. The van der Waals surface area contributed by atoms with Crippen LogP contribution in [0.15, 0.2) is 66.7 Å². The van der Waals surface area contributed by atoms with Gasteiger partial charge in [0.1, 0.15) is 19.8 Å². The monoisotopic (exact) mass is 664 g/mol. The molecule has 0 aliphatic heterocycles. The quantitative estimate of drug-likeness (QED) is 0.140. The summed E-state index contributed by atoms with van der Waals surface area (Å²) >= 11 is 0. The van der Waals surface area contributed by atoms with Crippen LogP contribution < -0.4 is 23.7 Å². The zero-order valence-corrected chi connectivity index (χ0v) is 27.7. The first kappa shape index (κ1) is 36.8. The average Bonchev–Trinajstić information content (AvgIpc) is 3.06. The van der Waals surface area contributed by atoms with Gasteiger partial charge >= 0.3 is 17.9 Å². The van der Waals surface area contributed by atoms with Crippen molar-refractivity contribution < 1.29 is 57.4 Å². The maximum Gasteiger partial charge on any atom is 0.302 e. The van der Waals surface area contributed by atoms with Crippen LogP contribution in [-0.2, 0) is 28.6 Å². The van der Waals surface area contributed by atoms with Gasteiger partial charge in [-0.3, -0.25) is 14.4 Å². The Morgan fingerprint density at radius 3 is 1.60 bits per heavy atom. The number of rotatable bonds is 17. The van der Waals surface area contributed by atoms with Crippen LogP contribution in [0.25, 0.3) is 12.2 Å². The lowest BCUT2D eigenvalue weighted by Crippen LogP contribution is -2.34. The first-order valence-electron chi connectivity index (χ1n) is 14.8. The molecule has 0 amide bonds. The summed E-state index contributed by atoms with van der Waals surface area (Å²) in [5, 5.41) is 10.3. The van der Waals surface area contributed by atoms with Gasteiger partial charge in [-0.25, -0.2) is 0 Å². The van der Waals surface area contributed by atoms with Gasteiger partial charge < -0.3 is 43.0 Å². The Kier molecular flexibility index (Phi) is 14.2. The molecule has 0 fully saturated rings. The van der Waals surface area contributed by atoms with Crippen LogP contribution >= 0.6 is 0 Å². The molecular weight excluding hydrogens is 624 g/mol. The summed E-state index contributed by atoms with van der Waals surface area (Å²) in [6.07, 6.45) is 5.00. The number of carbonyl (C=O) groups excluding carboxylic acids is 3. The topological polar surface area (TPSA) is 145 Å². The molecule has 3 aromatic rings. The molecule has 12 heteroatoms. The van der Waals surface area contributed by atoms with Crippen LogP contribution in [0, 0.1) is 0 Å². The van der Waals surface area contributed by atoms with Crippen LogP contribution in [0.4, 0.5) is 0 Å². The first-order valence-corrected chi connectivity index (χ1v) is 14.8. The van der Waals surface area contributed by atoms with Crippen LogP contribution in [-0.4, -0.2) is 70.3 Å². The summed E-state index contributed by atoms with van der Waals surface area (Å²) in [5.74, 6) is 0.225. The normalized spacial score (nSPS) is 12.2. The molecule has 0 aromatic heterocycles. The van der Waals surface area contributed by atoms with Gasteiger partial charge in [0, 0.05) is 26.3 Å². The Morgan fingerprint density at radius 1 is 0.625 bits per heavy atom. The van der Waals surface area contributed by atoms with Crippen molar-refractivity contribution in [1.29, 1.82) is 0 Å². The number of hydrogen-bond donors (Lipinski definition) is 1. The van der Waals surface area contributed by atoms with E-state index in [1.165, 1.54) is 48.2 Å². The summed E-state index contributed by atoms with van der Waals surface area (Å²) in [7, 11) is 4.40. The fraction of sp³-hybridized carbons (Fsp3) is 0.306. The van der Waals surface area contributed by atoms with E-state index in [2.05, 4.69) is 0 Å². The summed E-state index contributed by atoms with van der Waals surface area (Å²) < 4.78 is 45.0. The maximum absolute atomic E-state index is 12.0. The molecule has 1 N–H and O–H groups in total. The average molecular weight is 665 g/mol. The molecule has 0 saturated heterocycles. The van der Waals surface area contributed by atoms with Crippen molar-refractivity contribution in [3.63, 3.8) is 0 Å². The van der Waals surface area contributed by atoms with Crippen LogP contribution in [0.5, 0.6) is 34.5 Å². The van der Waals surface area contributed by atoms with Gasteiger partial charge in [0.15, 0.2) is 46.7 Å². The number of aromatic hydroxyl groups is 1. The maximum atomic E-state index is 12.0. The lowest BCUT2D eigenvalue weighted by atomic mass is 10.0. The van der Waals surface area contributed by atoms with E-state index in [0.29, 0.717) is 28.6 Å². The predicted molar refractivity (Wildman–Crippen MR) is 176 cm³/mol. The molecule has 48 heavy (non-hydrogen) atoms. The minimum Gasteiger partial charge on any atom is -0.504 e. The molecule has 0 aliphatic rings. The Labute approximate surface area is 279 Å². The Hall–Kier alpha value is -5.65. The van der Waals surface area contributed by atoms with E-state index in [4.69, 9.17) is 37.9 Å². The number of methoxy groups -OCH3 is 3. The number of hydrogen-bond acceptors (Lipinski definition) is 12. The van der Waals surface area contributed by atoms with Crippen molar-refractivity contribution in [3.05, 3.63) is 83.4 Å². The smallest absolute Gasteiger partial charge is 0.302 e. The molecule has 3 aromatic carbocycles. The fourth-order valence-corrected chi connectivity index (χ4v) is 4.38. The molecule has 0 aliphatic carbocycles. The minimum atomic E-state index is -0.963.